The Kier molecular flexibility index (Phi) is 5.28. The SMILES string of the molecule is Cc1cc(C(N)=O)ccc1-c1c(C=CC(=O)O)ccn1-c1ccc(Br)cc1. The highest BCUT2D eigenvalue weighted by molar-refractivity contribution is 9.10. The number of nitrogens with zero attached hydrogens (tertiary/aromatic N) is 1. The molecular weight excluding hydrogens is 408 g/mol. The number of halogens is 1. The number of rotatable bonds is 5. The maximum atomic E-state index is 11.5. The van der Waals surface area contributed by atoms with Gasteiger partial charge < -0.3 is 15.4 Å². The number of hydrogen-bond donors (Lipinski definition) is 2. The Hall–Kier alpha value is -3.12. The van der Waals surface area contributed by atoms with Gasteiger partial charge in [-0.3, -0.25) is 4.79 Å². The lowest BCUT2D eigenvalue weighted by molar-refractivity contribution is -0.131. The summed E-state index contributed by atoms with van der Waals surface area (Å²) in [5, 5.41) is 8.99. The van der Waals surface area contributed by atoms with Gasteiger partial charge >= 0.3 is 5.97 Å². The second-order valence-corrected chi connectivity index (χ2v) is 6.95. The van der Waals surface area contributed by atoms with Crippen LogP contribution < -0.4 is 5.73 Å². The van der Waals surface area contributed by atoms with Crippen LogP contribution in [0.5, 0.6) is 0 Å². The van der Waals surface area contributed by atoms with E-state index in [0.717, 1.165) is 38.6 Å². The molecule has 0 aliphatic rings. The predicted molar refractivity (Wildman–Crippen MR) is 109 cm³/mol. The van der Waals surface area contributed by atoms with Gasteiger partial charge in [-0.25, -0.2) is 4.79 Å². The Morgan fingerprint density at radius 2 is 1.81 bits per heavy atom. The molecule has 0 aliphatic carbocycles. The Labute approximate surface area is 164 Å². The number of benzene rings is 2. The van der Waals surface area contributed by atoms with Gasteiger partial charge in [-0.05, 0) is 61.0 Å². The second kappa shape index (κ2) is 7.63. The molecule has 0 unspecified atom stereocenters. The van der Waals surface area contributed by atoms with Crippen molar-refractivity contribution in [3.8, 4) is 16.9 Å². The fourth-order valence-corrected chi connectivity index (χ4v) is 3.19. The summed E-state index contributed by atoms with van der Waals surface area (Å²) in [6.07, 6.45) is 4.56. The van der Waals surface area contributed by atoms with Gasteiger partial charge in [0.1, 0.15) is 0 Å². The lowest BCUT2D eigenvalue weighted by Crippen LogP contribution is -2.11. The van der Waals surface area contributed by atoms with Gasteiger partial charge in [0.2, 0.25) is 5.91 Å². The van der Waals surface area contributed by atoms with Crippen LogP contribution in [0.3, 0.4) is 0 Å². The highest BCUT2D eigenvalue weighted by Gasteiger charge is 2.15. The van der Waals surface area contributed by atoms with Crippen molar-refractivity contribution in [3.05, 3.63) is 82.0 Å². The normalized spacial score (nSPS) is 11.0. The summed E-state index contributed by atoms with van der Waals surface area (Å²) in [7, 11) is 0. The third-order valence-corrected chi connectivity index (χ3v) is 4.72. The third-order valence-electron chi connectivity index (χ3n) is 4.19. The van der Waals surface area contributed by atoms with Crippen LogP contribution >= 0.6 is 15.9 Å². The van der Waals surface area contributed by atoms with E-state index in [1.807, 2.05) is 54.1 Å². The smallest absolute Gasteiger partial charge is 0.328 e. The van der Waals surface area contributed by atoms with E-state index >= 15 is 0 Å². The lowest BCUT2D eigenvalue weighted by atomic mass is 9.99. The van der Waals surface area contributed by atoms with Crippen molar-refractivity contribution < 1.29 is 14.7 Å². The maximum Gasteiger partial charge on any atom is 0.328 e. The summed E-state index contributed by atoms with van der Waals surface area (Å²) >= 11 is 3.43. The minimum absolute atomic E-state index is 0.431. The molecule has 0 bridgehead atoms. The van der Waals surface area contributed by atoms with Crippen molar-refractivity contribution in [3.63, 3.8) is 0 Å². The molecule has 0 fully saturated rings. The zero-order valence-corrected chi connectivity index (χ0v) is 16.1. The van der Waals surface area contributed by atoms with Crippen molar-refractivity contribution in [2.24, 2.45) is 5.73 Å². The Morgan fingerprint density at radius 3 is 2.41 bits per heavy atom. The zero-order valence-electron chi connectivity index (χ0n) is 14.5. The van der Waals surface area contributed by atoms with Crippen LogP contribution in [0.4, 0.5) is 0 Å². The van der Waals surface area contributed by atoms with Gasteiger partial charge in [-0.2, -0.15) is 0 Å². The number of hydrogen-bond acceptors (Lipinski definition) is 2. The molecule has 0 spiro atoms. The Morgan fingerprint density at radius 1 is 1.11 bits per heavy atom. The first kappa shape index (κ1) is 18.7. The van der Waals surface area contributed by atoms with Gasteiger partial charge in [0, 0.05) is 39.1 Å². The van der Waals surface area contributed by atoms with Crippen LogP contribution in [0.25, 0.3) is 23.0 Å². The first-order valence-corrected chi connectivity index (χ1v) is 8.95. The standard InChI is InChI=1S/C21H17BrN2O3/c1-13-12-15(21(23)27)2-8-18(13)20-14(3-9-19(25)26)10-11-24(20)17-6-4-16(22)5-7-17/h2-12H,1H3,(H2,23,27)(H,25,26). The molecule has 0 radical (unpaired) electrons. The van der Waals surface area contributed by atoms with Crippen molar-refractivity contribution in [1.82, 2.24) is 4.57 Å². The fourth-order valence-electron chi connectivity index (χ4n) is 2.93. The quantitative estimate of drug-likeness (QED) is 0.594. The van der Waals surface area contributed by atoms with Crippen molar-refractivity contribution >= 4 is 33.9 Å². The van der Waals surface area contributed by atoms with E-state index in [0.29, 0.717) is 5.56 Å². The average Bonchev–Trinajstić information content (AvgIpc) is 3.04. The van der Waals surface area contributed by atoms with E-state index < -0.39 is 11.9 Å². The number of aromatic nitrogens is 1. The number of carbonyl (C=O) groups excluding carboxylic acids is 1. The van der Waals surface area contributed by atoms with E-state index in [9.17, 15) is 9.59 Å². The molecule has 5 nitrogen and oxygen atoms in total. The number of carbonyl (C=O) groups is 2. The first-order chi connectivity index (χ1) is 12.9. The topological polar surface area (TPSA) is 85.3 Å². The van der Waals surface area contributed by atoms with E-state index in [1.165, 1.54) is 0 Å². The Bertz CT molecular complexity index is 1050. The maximum absolute atomic E-state index is 11.5. The summed E-state index contributed by atoms with van der Waals surface area (Å²) in [5.41, 5.74) is 10.1. The van der Waals surface area contributed by atoms with E-state index in [4.69, 9.17) is 10.8 Å². The summed E-state index contributed by atoms with van der Waals surface area (Å²) in [4.78, 5) is 22.4. The third kappa shape index (κ3) is 4.01. The number of amides is 1. The highest BCUT2D eigenvalue weighted by Crippen LogP contribution is 2.32. The van der Waals surface area contributed by atoms with Crippen LogP contribution in [0.15, 0.2) is 65.3 Å². The lowest BCUT2D eigenvalue weighted by Gasteiger charge is -2.14. The van der Waals surface area contributed by atoms with E-state index in [-0.39, 0.29) is 0 Å². The van der Waals surface area contributed by atoms with Gasteiger partial charge in [-0.15, -0.1) is 0 Å². The molecule has 1 amide bonds. The van der Waals surface area contributed by atoms with Gasteiger partial charge in [0.15, 0.2) is 0 Å². The molecular formula is C21H17BrN2O3. The first-order valence-electron chi connectivity index (χ1n) is 8.16. The molecule has 1 aromatic heterocycles. The van der Waals surface area contributed by atoms with Gasteiger partial charge in [0.25, 0.3) is 0 Å². The summed E-state index contributed by atoms with van der Waals surface area (Å²) in [5.74, 6) is -1.50. The molecule has 136 valence electrons. The minimum atomic E-state index is -1.02. The summed E-state index contributed by atoms with van der Waals surface area (Å²) < 4.78 is 2.95. The monoisotopic (exact) mass is 424 g/mol. The van der Waals surface area contributed by atoms with Crippen LogP contribution in [0, 0.1) is 6.92 Å². The highest BCUT2D eigenvalue weighted by atomic mass is 79.9. The predicted octanol–water partition coefficient (Wildman–Crippen LogP) is 4.41. The largest absolute Gasteiger partial charge is 0.478 e. The molecule has 0 saturated heterocycles. The molecule has 0 atom stereocenters. The molecule has 3 rings (SSSR count). The minimum Gasteiger partial charge on any atom is -0.478 e. The van der Waals surface area contributed by atoms with Crippen molar-refractivity contribution in [2.45, 2.75) is 6.92 Å². The molecule has 6 heteroatoms. The number of aliphatic carboxylic acids is 1. The number of primary amides is 1. The molecule has 0 aliphatic heterocycles. The van der Waals surface area contributed by atoms with E-state index in [1.54, 1.807) is 18.2 Å². The molecule has 2 aromatic carbocycles. The van der Waals surface area contributed by atoms with Crippen LogP contribution in [0.2, 0.25) is 0 Å². The van der Waals surface area contributed by atoms with Crippen molar-refractivity contribution in [2.75, 3.05) is 0 Å². The summed E-state index contributed by atoms with van der Waals surface area (Å²) in [6.45, 7) is 1.89. The molecule has 0 saturated carbocycles. The molecule has 1 heterocycles. The van der Waals surface area contributed by atoms with Gasteiger partial charge in [-0.1, -0.05) is 22.0 Å². The van der Waals surface area contributed by atoms with Crippen LogP contribution in [0.1, 0.15) is 21.5 Å². The zero-order chi connectivity index (χ0) is 19.6. The van der Waals surface area contributed by atoms with E-state index in [2.05, 4.69) is 15.9 Å². The number of carboxylic acids is 1. The molecule has 3 N–H and O–H groups in total. The number of nitrogens with two attached hydrogens (primary N) is 1. The van der Waals surface area contributed by atoms with Crippen LogP contribution in [-0.4, -0.2) is 21.6 Å². The van der Waals surface area contributed by atoms with Gasteiger partial charge in [0.05, 0.1) is 5.69 Å². The number of carboxylic acid groups (broad SMARTS) is 1. The fraction of sp³-hybridized carbons (Fsp3) is 0.0476. The second-order valence-electron chi connectivity index (χ2n) is 6.03. The van der Waals surface area contributed by atoms with Crippen LogP contribution in [-0.2, 0) is 4.79 Å². The molecule has 3 aromatic rings. The summed E-state index contributed by atoms with van der Waals surface area (Å²) in [6, 6.07) is 14.9. The Balaban J connectivity index is 2.22. The van der Waals surface area contributed by atoms with Crippen molar-refractivity contribution in [1.29, 1.82) is 0 Å². The molecule has 27 heavy (non-hydrogen) atoms. The number of aryl methyl sites for hydroxylation is 1. The average molecular weight is 425 g/mol.